The second kappa shape index (κ2) is 9.35. The molecular formula is C25H30N4O2. The van der Waals surface area contributed by atoms with Crippen molar-refractivity contribution in [1.82, 2.24) is 9.88 Å². The predicted octanol–water partition coefficient (Wildman–Crippen LogP) is 3.87. The zero-order chi connectivity index (χ0) is 21.8. The number of carbonyl (C=O) groups is 1. The van der Waals surface area contributed by atoms with Crippen molar-refractivity contribution in [3.05, 3.63) is 59.8 Å². The Morgan fingerprint density at radius 3 is 2.52 bits per heavy atom. The van der Waals surface area contributed by atoms with E-state index < -0.39 is 0 Å². The summed E-state index contributed by atoms with van der Waals surface area (Å²) in [5.41, 5.74) is 5.00. The van der Waals surface area contributed by atoms with Gasteiger partial charge in [-0.3, -0.25) is 14.7 Å². The number of methoxy groups -OCH3 is 1. The van der Waals surface area contributed by atoms with Gasteiger partial charge in [0.2, 0.25) is 5.91 Å². The Labute approximate surface area is 183 Å². The van der Waals surface area contributed by atoms with E-state index in [0.717, 1.165) is 71.9 Å². The lowest BCUT2D eigenvalue weighted by Crippen LogP contribution is -2.48. The molecular weight excluding hydrogens is 388 g/mol. The number of ether oxygens (including phenoxy) is 1. The van der Waals surface area contributed by atoms with Crippen LogP contribution in [-0.4, -0.2) is 55.6 Å². The number of carbonyl (C=O) groups excluding carboxylic acids is 1. The van der Waals surface area contributed by atoms with Gasteiger partial charge in [0.05, 0.1) is 30.5 Å². The number of aromatic nitrogens is 1. The number of rotatable bonds is 6. The van der Waals surface area contributed by atoms with Crippen molar-refractivity contribution in [2.45, 2.75) is 20.3 Å². The van der Waals surface area contributed by atoms with E-state index >= 15 is 0 Å². The summed E-state index contributed by atoms with van der Waals surface area (Å²) in [4.78, 5) is 22.2. The van der Waals surface area contributed by atoms with Gasteiger partial charge in [-0.2, -0.15) is 0 Å². The number of hydrogen-bond donors (Lipinski definition) is 1. The third-order valence-corrected chi connectivity index (χ3v) is 6.00. The average molecular weight is 419 g/mol. The highest BCUT2D eigenvalue weighted by Gasteiger charge is 2.22. The highest BCUT2D eigenvalue weighted by atomic mass is 16.5. The van der Waals surface area contributed by atoms with Crippen LogP contribution in [0.4, 0.5) is 11.4 Å². The number of fused-ring (bicyclic) bond motifs is 1. The fourth-order valence-corrected chi connectivity index (χ4v) is 4.28. The minimum absolute atomic E-state index is 0.0206. The Bertz CT molecular complexity index is 1070. The fourth-order valence-electron chi connectivity index (χ4n) is 4.28. The van der Waals surface area contributed by atoms with E-state index in [9.17, 15) is 4.79 Å². The smallest absolute Gasteiger partial charge is 0.238 e. The van der Waals surface area contributed by atoms with Crippen LogP contribution in [0.5, 0.6) is 5.75 Å². The molecule has 162 valence electrons. The summed E-state index contributed by atoms with van der Waals surface area (Å²) in [6.07, 6.45) is 0.838. The molecule has 0 spiro atoms. The number of hydrogen-bond acceptors (Lipinski definition) is 5. The van der Waals surface area contributed by atoms with Crippen molar-refractivity contribution < 1.29 is 9.53 Å². The molecule has 1 aliphatic rings. The molecule has 3 aromatic rings. The lowest BCUT2D eigenvalue weighted by Gasteiger charge is -2.36. The summed E-state index contributed by atoms with van der Waals surface area (Å²) >= 11 is 0. The van der Waals surface area contributed by atoms with Crippen LogP contribution >= 0.6 is 0 Å². The van der Waals surface area contributed by atoms with Crippen LogP contribution in [-0.2, 0) is 11.2 Å². The highest BCUT2D eigenvalue weighted by Crippen LogP contribution is 2.29. The van der Waals surface area contributed by atoms with E-state index in [1.807, 2.05) is 49.4 Å². The number of aryl methyl sites for hydroxylation is 1. The van der Waals surface area contributed by atoms with Gasteiger partial charge < -0.3 is 15.0 Å². The zero-order valence-corrected chi connectivity index (χ0v) is 18.5. The van der Waals surface area contributed by atoms with Gasteiger partial charge in [0.15, 0.2) is 0 Å². The van der Waals surface area contributed by atoms with Crippen LogP contribution in [0.15, 0.2) is 48.5 Å². The quantitative estimate of drug-likeness (QED) is 0.659. The number of pyridine rings is 1. The molecule has 0 radical (unpaired) electrons. The minimum Gasteiger partial charge on any atom is -0.495 e. The van der Waals surface area contributed by atoms with Gasteiger partial charge in [-0.05, 0) is 37.1 Å². The summed E-state index contributed by atoms with van der Waals surface area (Å²) in [5, 5.41) is 4.17. The minimum atomic E-state index is 0.0206. The SMILES string of the molecule is CCc1nc2ccccc2c(NC(=O)CN2CCN(c3ccccc3OC)CC2)c1C. The highest BCUT2D eigenvalue weighted by molar-refractivity contribution is 6.03. The monoisotopic (exact) mass is 418 g/mol. The first kappa shape index (κ1) is 21.1. The second-order valence-corrected chi connectivity index (χ2v) is 7.91. The van der Waals surface area contributed by atoms with Gasteiger partial charge in [0, 0.05) is 37.3 Å². The van der Waals surface area contributed by atoms with Gasteiger partial charge in [0.1, 0.15) is 5.75 Å². The number of nitrogens with one attached hydrogen (secondary N) is 1. The molecule has 0 bridgehead atoms. The largest absolute Gasteiger partial charge is 0.495 e. The molecule has 31 heavy (non-hydrogen) atoms. The maximum absolute atomic E-state index is 12.9. The van der Waals surface area contributed by atoms with E-state index in [-0.39, 0.29) is 5.91 Å². The molecule has 1 aliphatic heterocycles. The summed E-state index contributed by atoms with van der Waals surface area (Å²) in [6, 6.07) is 16.1. The predicted molar refractivity (Wildman–Crippen MR) is 126 cm³/mol. The van der Waals surface area contributed by atoms with Crippen LogP contribution in [0.25, 0.3) is 10.9 Å². The van der Waals surface area contributed by atoms with Crippen LogP contribution in [0, 0.1) is 6.92 Å². The summed E-state index contributed by atoms with van der Waals surface area (Å²) in [6.45, 7) is 7.92. The maximum atomic E-state index is 12.9. The Morgan fingerprint density at radius 1 is 1.06 bits per heavy atom. The number of nitrogens with zero attached hydrogens (tertiary/aromatic N) is 3. The second-order valence-electron chi connectivity index (χ2n) is 7.91. The molecule has 2 aromatic carbocycles. The van der Waals surface area contributed by atoms with Gasteiger partial charge in [0.25, 0.3) is 0 Å². The maximum Gasteiger partial charge on any atom is 0.238 e. The van der Waals surface area contributed by atoms with Crippen LogP contribution < -0.4 is 15.0 Å². The third kappa shape index (κ3) is 4.49. The molecule has 0 saturated carbocycles. The Morgan fingerprint density at radius 2 is 1.77 bits per heavy atom. The van der Waals surface area contributed by atoms with Crippen LogP contribution in [0.2, 0.25) is 0 Å². The molecule has 6 nitrogen and oxygen atoms in total. The lowest BCUT2D eigenvalue weighted by atomic mass is 10.1. The average Bonchev–Trinajstić information content (AvgIpc) is 2.81. The molecule has 1 saturated heterocycles. The van der Waals surface area contributed by atoms with E-state index in [4.69, 9.17) is 9.72 Å². The number of para-hydroxylation sites is 3. The zero-order valence-electron chi connectivity index (χ0n) is 18.5. The van der Waals surface area contributed by atoms with Crippen LogP contribution in [0.1, 0.15) is 18.2 Å². The summed E-state index contributed by atoms with van der Waals surface area (Å²) < 4.78 is 5.50. The van der Waals surface area contributed by atoms with Crippen molar-refractivity contribution in [1.29, 1.82) is 0 Å². The number of anilines is 2. The van der Waals surface area contributed by atoms with Crippen molar-refractivity contribution in [3.63, 3.8) is 0 Å². The standard InChI is InChI=1S/C25H30N4O2/c1-4-20-18(2)25(19-9-5-6-10-21(19)26-20)27-24(30)17-28-13-15-29(16-14-28)22-11-7-8-12-23(22)31-3/h5-12H,4,13-17H2,1-3H3,(H,26,27,30). The molecule has 2 heterocycles. The normalized spacial score (nSPS) is 14.6. The van der Waals surface area contributed by atoms with Gasteiger partial charge >= 0.3 is 0 Å². The molecule has 1 fully saturated rings. The topological polar surface area (TPSA) is 57.7 Å². The third-order valence-electron chi connectivity index (χ3n) is 6.00. The number of piperazine rings is 1. The van der Waals surface area contributed by atoms with Crippen molar-refractivity contribution in [2.24, 2.45) is 0 Å². The van der Waals surface area contributed by atoms with Crippen molar-refractivity contribution in [2.75, 3.05) is 50.1 Å². The van der Waals surface area contributed by atoms with Gasteiger partial charge in [-0.25, -0.2) is 0 Å². The summed E-state index contributed by atoms with van der Waals surface area (Å²) in [7, 11) is 1.70. The van der Waals surface area contributed by atoms with Crippen molar-refractivity contribution in [3.8, 4) is 5.75 Å². The first-order valence-corrected chi connectivity index (χ1v) is 10.9. The molecule has 6 heteroatoms. The van der Waals surface area contributed by atoms with E-state index in [1.165, 1.54) is 0 Å². The Hall–Kier alpha value is -3.12. The molecule has 1 N–H and O–H groups in total. The van der Waals surface area contributed by atoms with Crippen LogP contribution in [0.3, 0.4) is 0 Å². The van der Waals surface area contributed by atoms with E-state index in [2.05, 4.69) is 28.1 Å². The van der Waals surface area contributed by atoms with Gasteiger partial charge in [-0.15, -0.1) is 0 Å². The van der Waals surface area contributed by atoms with Crippen molar-refractivity contribution >= 4 is 28.2 Å². The number of amides is 1. The molecule has 4 rings (SSSR count). The van der Waals surface area contributed by atoms with E-state index in [1.54, 1.807) is 7.11 Å². The molecule has 1 amide bonds. The first-order valence-electron chi connectivity index (χ1n) is 10.9. The fraction of sp³-hybridized carbons (Fsp3) is 0.360. The first-order chi connectivity index (χ1) is 15.1. The van der Waals surface area contributed by atoms with Gasteiger partial charge in [-0.1, -0.05) is 37.3 Å². The molecule has 0 aliphatic carbocycles. The molecule has 0 atom stereocenters. The Balaban J connectivity index is 1.42. The lowest BCUT2D eigenvalue weighted by molar-refractivity contribution is -0.117. The molecule has 1 aromatic heterocycles. The van der Waals surface area contributed by atoms with E-state index in [0.29, 0.717) is 6.54 Å². The summed E-state index contributed by atoms with van der Waals surface area (Å²) in [5.74, 6) is 0.910. The molecule has 0 unspecified atom stereocenters. The number of benzene rings is 2. The Kier molecular flexibility index (Phi) is 6.37.